The van der Waals surface area contributed by atoms with Gasteiger partial charge in [-0.1, -0.05) is 28.9 Å². The van der Waals surface area contributed by atoms with Crippen LogP contribution in [-0.4, -0.2) is 4.92 Å². The molecule has 0 aliphatic rings. The molecule has 0 fully saturated rings. The van der Waals surface area contributed by atoms with Gasteiger partial charge in [-0.05, 0) is 17.5 Å². The molecular formula is C9H10BrNO2. The summed E-state index contributed by atoms with van der Waals surface area (Å²) in [7, 11) is 0. The van der Waals surface area contributed by atoms with Gasteiger partial charge in [0.25, 0.3) is 5.69 Å². The van der Waals surface area contributed by atoms with Crippen molar-refractivity contribution in [1.29, 1.82) is 0 Å². The molecule has 0 heterocycles. The number of halogens is 1. The maximum absolute atomic E-state index is 10.5. The smallest absolute Gasteiger partial charge is 0.258 e. The number of aryl methyl sites for hydroxylation is 1. The van der Waals surface area contributed by atoms with Gasteiger partial charge in [0.2, 0.25) is 0 Å². The predicted octanol–water partition coefficient (Wildman–Crippen LogP) is 3.05. The van der Waals surface area contributed by atoms with E-state index in [2.05, 4.69) is 15.9 Å². The lowest BCUT2D eigenvalue weighted by molar-refractivity contribution is -0.384. The van der Waals surface area contributed by atoms with Gasteiger partial charge in [0, 0.05) is 17.5 Å². The normalized spacial score (nSPS) is 10.0. The SMILES string of the molecule is CCc1ccc([N+](=O)[O-])cc1CBr. The topological polar surface area (TPSA) is 43.1 Å². The molecular weight excluding hydrogens is 234 g/mol. The van der Waals surface area contributed by atoms with Crippen LogP contribution in [0.1, 0.15) is 18.1 Å². The van der Waals surface area contributed by atoms with Crippen molar-refractivity contribution in [3.8, 4) is 0 Å². The molecule has 70 valence electrons. The van der Waals surface area contributed by atoms with Crippen LogP contribution in [0, 0.1) is 10.1 Å². The zero-order valence-electron chi connectivity index (χ0n) is 7.29. The highest BCUT2D eigenvalue weighted by atomic mass is 79.9. The van der Waals surface area contributed by atoms with Gasteiger partial charge in [-0.15, -0.1) is 0 Å². The molecule has 1 aromatic carbocycles. The van der Waals surface area contributed by atoms with Crippen LogP contribution in [0.2, 0.25) is 0 Å². The van der Waals surface area contributed by atoms with Crippen LogP contribution < -0.4 is 0 Å². The molecule has 0 N–H and O–H groups in total. The zero-order chi connectivity index (χ0) is 9.84. The third-order valence-corrected chi connectivity index (χ3v) is 2.53. The molecule has 0 atom stereocenters. The highest BCUT2D eigenvalue weighted by molar-refractivity contribution is 9.08. The van der Waals surface area contributed by atoms with Gasteiger partial charge in [-0.25, -0.2) is 0 Å². The molecule has 0 saturated heterocycles. The summed E-state index contributed by atoms with van der Waals surface area (Å²) in [6.07, 6.45) is 0.902. The van der Waals surface area contributed by atoms with Crippen LogP contribution in [0.15, 0.2) is 18.2 Å². The molecule has 0 saturated carbocycles. The predicted molar refractivity (Wildman–Crippen MR) is 55.1 cm³/mol. The summed E-state index contributed by atoms with van der Waals surface area (Å²) in [6.45, 7) is 2.04. The lowest BCUT2D eigenvalue weighted by Crippen LogP contribution is -1.93. The fourth-order valence-corrected chi connectivity index (χ4v) is 1.72. The first kappa shape index (κ1) is 10.2. The van der Waals surface area contributed by atoms with Gasteiger partial charge in [-0.3, -0.25) is 10.1 Å². The number of alkyl halides is 1. The monoisotopic (exact) mass is 243 g/mol. The van der Waals surface area contributed by atoms with Crippen molar-refractivity contribution in [3.63, 3.8) is 0 Å². The third-order valence-electron chi connectivity index (χ3n) is 1.93. The molecule has 0 aliphatic heterocycles. The first-order chi connectivity index (χ1) is 6.19. The number of hydrogen-bond acceptors (Lipinski definition) is 2. The number of nitro groups is 1. The Morgan fingerprint density at radius 1 is 1.46 bits per heavy atom. The van der Waals surface area contributed by atoms with Gasteiger partial charge in [0.1, 0.15) is 0 Å². The second-order valence-corrected chi connectivity index (χ2v) is 3.26. The van der Waals surface area contributed by atoms with E-state index in [0.29, 0.717) is 5.33 Å². The lowest BCUT2D eigenvalue weighted by Gasteiger charge is -2.03. The molecule has 0 aliphatic carbocycles. The van der Waals surface area contributed by atoms with E-state index in [0.717, 1.165) is 17.5 Å². The largest absolute Gasteiger partial charge is 0.269 e. The van der Waals surface area contributed by atoms with E-state index in [9.17, 15) is 10.1 Å². The standard InChI is InChI=1S/C9H10BrNO2/c1-2-7-3-4-9(11(12)13)5-8(7)6-10/h3-5H,2,6H2,1H3. The summed E-state index contributed by atoms with van der Waals surface area (Å²) in [4.78, 5) is 10.1. The quantitative estimate of drug-likeness (QED) is 0.466. The van der Waals surface area contributed by atoms with E-state index in [4.69, 9.17) is 0 Å². The summed E-state index contributed by atoms with van der Waals surface area (Å²) in [6, 6.07) is 4.98. The number of nitro benzene ring substituents is 1. The van der Waals surface area contributed by atoms with E-state index in [1.807, 2.05) is 13.0 Å². The molecule has 0 amide bonds. The molecule has 13 heavy (non-hydrogen) atoms. The summed E-state index contributed by atoms with van der Waals surface area (Å²) < 4.78 is 0. The molecule has 3 nitrogen and oxygen atoms in total. The average Bonchev–Trinajstić information content (AvgIpc) is 2.16. The minimum Gasteiger partial charge on any atom is -0.258 e. The number of rotatable bonds is 3. The number of nitrogens with zero attached hydrogens (tertiary/aromatic N) is 1. The van der Waals surface area contributed by atoms with Gasteiger partial charge in [0.05, 0.1) is 4.92 Å². The van der Waals surface area contributed by atoms with Crippen molar-refractivity contribution in [2.24, 2.45) is 0 Å². The van der Waals surface area contributed by atoms with Crippen molar-refractivity contribution in [2.45, 2.75) is 18.7 Å². The van der Waals surface area contributed by atoms with Gasteiger partial charge in [0.15, 0.2) is 0 Å². The molecule has 4 heteroatoms. The van der Waals surface area contributed by atoms with E-state index in [1.54, 1.807) is 12.1 Å². The molecule has 0 radical (unpaired) electrons. The lowest BCUT2D eigenvalue weighted by atomic mass is 10.1. The highest BCUT2D eigenvalue weighted by Gasteiger charge is 2.08. The molecule has 0 aromatic heterocycles. The van der Waals surface area contributed by atoms with Crippen molar-refractivity contribution in [3.05, 3.63) is 39.4 Å². The first-order valence-corrected chi connectivity index (χ1v) is 5.13. The van der Waals surface area contributed by atoms with Crippen molar-refractivity contribution < 1.29 is 4.92 Å². The van der Waals surface area contributed by atoms with E-state index >= 15 is 0 Å². The van der Waals surface area contributed by atoms with Crippen molar-refractivity contribution in [1.82, 2.24) is 0 Å². The number of non-ortho nitro benzene ring substituents is 1. The first-order valence-electron chi connectivity index (χ1n) is 4.01. The van der Waals surface area contributed by atoms with Crippen molar-refractivity contribution >= 4 is 21.6 Å². The van der Waals surface area contributed by atoms with Crippen LogP contribution in [-0.2, 0) is 11.8 Å². The molecule has 1 aromatic rings. The van der Waals surface area contributed by atoms with Crippen LogP contribution in [0.3, 0.4) is 0 Å². The van der Waals surface area contributed by atoms with E-state index in [1.165, 1.54) is 0 Å². The van der Waals surface area contributed by atoms with Gasteiger partial charge < -0.3 is 0 Å². The highest BCUT2D eigenvalue weighted by Crippen LogP contribution is 2.20. The Bertz CT molecular complexity index is 325. The van der Waals surface area contributed by atoms with E-state index in [-0.39, 0.29) is 10.6 Å². The van der Waals surface area contributed by atoms with Gasteiger partial charge in [-0.2, -0.15) is 0 Å². The van der Waals surface area contributed by atoms with Crippen LogP contribution >= 0.6 is 15.9 Å². The Kier molecular flexibility index (Phi) is 3.42. The van der Waals surface area contributed by atoms with Crippen LogP contribution in [0.5, 0.6) is 0 Å². The molecule has 0 spiro atoms. The zero-order valence-corrected chi connectivity index (χ0v) is 8.87. The van der Waals surface area contributed by atoms with Crippen molar-refractivity contribution in [2.75, 3.05) is 0 Å². The fourth-order valence-electron chi connectivity index (χ4n) is 1.20. The summed E-state index contributed by atoms with van der Waals surface area (Å²) in [5.74, 6) is 0. The summed E-state index contributed by atoms with van der Waals surface area (Å²) in [5, 5.41) is 11.1. The Balaban J connectivity index is 3.13. The molecule has 0 bridgehead atoms. The second kappa shape index (κ2) is 4.37. The fraction of sp³-hybridized carbons (Fsp3) is 0.333. The molecule has 1 rings (SSSR count). The number of hydrogen-bond donors (Lipinski definition) is 0. The maximum atomic E-state index is 10.5. The minimum absolute atomic E-state index is 0.159. The van der Waals surface area contributed by atoms with Crippen LogP contribution in [0.25, 0.3) is 0 Å². The third kappa shape index (κ3) is 2.28. The Hall–Kier alpha value is -0.900. The maximum Gasteiger partial charge on any atom is 0.269 e. The Morgan fingerprint density at radius 3 is 2.62 bits per heavy atom. The second-order valence-electron chi connectivity index (χ2n) is 2.70. The van der Waals surface area contributed by atoms with Crippen LogP contribution in [0.4, 0.5) is 5.69 Å². The number of benzene rings is 1. The Labute approximate surface area is 85.0 Å². The Morgan fingerprint density at radius 2 is 2.15 bits per heavy atom. The van der Waals surface area contributed by atoms with E-state index < -0.39 is 0 Å². The van der Waals surface area contributed by atoms with Gasteiger partial charge >= 0.3 is 0 Å². The minimum atomic E-state index is -0.369. The average molecular weight is 244 g/mol. The molecule has 0 unspecified atom stereocenters. The summed E-state index contributed by atoms with van der Waals surface area (Å²) in [5.41, 5.74) is 2.31. The summed E-state index contributed by atoms with van der Waals surface area (Å²) >= 11 is 3.31.